The van der Waals surface area contributed by atoms with Crippen LogP contribution >= 0.6 is 11.6 Å². The molecule has 0 aliphatic heterocycles. The molecule has 1 unspecified atom stereocenters. The van der Waals surface area contributed by atoms with E-state index in [1.54, 1.807) is 0 Å². The number of ether oxygens (including phenoxy) is 1. The van der Waals surface area contributed by atoms with Gasteiger partial charge in [-0.1, -0.05) is 37.3 Å². The third-order valence-corrected chi connectivity index (χ3v) is 3.02. The predicted octanol–water partition coefficient (Wildman–Crippen LogP) is 3.86. The molecule has 1 nitrogen and oxygen atoms in total. The van der Waals surface area contributed by atoms with Gasteiger partial charge in [0, 0.05) is 4.87 Å². The Hall–Kier alpha value is -0.530. The lowest BCUT2D eigenvalue weighted by Crippen LogP contribution is -2.26. The largest absolute Gasteiger partial charge is 0.376 e. The Morgan fingerprint density at radius 1 is 1.27 bits per heavy atom. The molecular formula is C13H19ClO. The number of rotatable bonds is 5. The molecule has 0 aliphatic rings. The summed E-state index contributed by atoms with van der Waals surface area (Å²) in [6.45, 7) is 7.51. The van der Waals surface area contributed by atoms with Crippen molar-refractivity contribution in [2.75, 3.05) is 6.61 Å². The van der Waals surface area contributed by atoms with E-state index in [4.69, 9.17) is 16.3 Å². The number of hydrogen-bond donors (Lipinski definition) is 0. The molecule has 1 atom stereocenters. The molecule has 1 aromatic carbocycles. The van der Waals surface area contributed by atoms with Crippen LogP contribution in [0.2, 0.25) is 0 Å². The van der Waals surface area contributed by atoms with Gasteiger partial charge >= 0.3 is 0 Å². The van der Waals surface area contributed by atoms with Crippen LogP contribution in [0.25, 0.3) is 0 Å². The Balaban J connectivity index is 2.28. The molecular weight excluding hydrogens is 208 g/mol. The lowest BCUT2D eigenvalue weighted by atomic mass is 9.98. The summed E-state index contributed by atoms with van der Waals surface area (Å²) in [4.78, 5) is -0.198. The van der Waals surface area contributed by atoms with Crippen molar-refractivity contribution in [3.05, 3.63) is 35.9 Å². The molecule has 2 heteroatoms. The smallest absolute Gasteiger partial charge is 0.0717 e. The van der Waals surface area contributed by atoms with Gasteiger partial charge in [-0.2, -0.15) is 0 Å². The monoisotopic (exact) mass is 226 g/mol. The summed E-state index contributed by atoms with van der Waals surface area (Å²) >= 11 is 6.19. The van der Waals surface area contributed by atoms with E-state index in [1.807, 2.05) is 32.0 Å². The van der Waals surface area contributed by atoms with Crippen molar-refractivity contribution in [3.8, 4) is 0 Å². The van der Waals surface area contributed by atoms with Gasteiger partial charge in [0.1, 0.15) is 0 Å². The molecule has 0 saturated heterocycles. The first-order valence-corrected chi connectivity index (χ1v) is 5.68. The van der Waals surface area contributed by atoms with Crippen molar-refractivity contribution >= 4 is 11.6 Å². The fourth-order valence-electron chi connectivity index (χ4n) is 1.13. The second-order valence-corrected chi connectivity index (χ2v) is 5.44. The first kappa shape index (κ1) is 12.5. The number of hydrogen-bond acceptors (Lipinski definition) is 1. The molecule has 15 heavy (non-hydrogen) atoms. The fourth-order valence-corrected chi connectivity index (χ4v) is 1.19. The van der Waals surface area contributed by atoms with E-state index in [9.17, 15) is 0 Å². The molecule has 0 saturated carbocycles. The Bertz CT molecular complexity index is 276. The Morgan fingerprint density at radius 2 is 1.87 bits per heavy atom. The molecule has 84 valence electrons. The lowest BCUT2D eigenvalue weighted by molar-refractivity contribution is 0.0824. The van der Waals surface area contributed by atoms with E-state index in [2.05, 4.69) is 19.1 Å². The summed E-state index contributed by atoms with van der Waals surface area (Å²) in [5.41, 5.74) is 1.21. The normalized spacial score (nSPS) is 13.9. The molecule has 0 radical (unpaired) electrons. The summed E-state index contributed by atoms with van der Waals surface area (Å²) in [6, 6.07) is 10.2. The summed E-state index contributed by atoms with van der Waals surface area (Å²) in [6.07, 6.45) is 0. The minimum Gasteiger partial charge on any atom is -0.376 e. The minimum atomic E-state index is -0.198. The van der Waals surface area contributed by atoms with Crippen LogP contribution in [0.5, 0.6) is 0 Å². The molecule has 0 spiro atoms. The van der Waals surface area contributed by atoms with E-state index in [-0.39, 0.29) is 4.87 Å². The van der Waals surface area contributed by atoms with Crippen LogP contribution in [0, 0.1) is 5.92 Å². The average molecular weight is 227 g/mol. The maximum atomic E-state index is 6.19. The second-order valence-electron chi connectivity index (χ2n) is 4.47. The number of benzene rings is 1. The van der Waals surface area contributed by atoms with E-state index in [1.165, 1.54) is 5.56 Å². The molecule has 0 N–H and O–H groups in total. The topological polar surface area (TPSA) is 9.23 Å². The van der Waals surface area contributed by atoms with Crippen molar-refractivity contribution < 1.29 is 4.74 Å². The highest BCUT2D eigenvalue weighted by atomic mass is 35.5. The maximum Gasteiger partial charge on any atom is 0.0717 e. The molecule has 1 rings (SSSR count). The van der Waals surface area contributed by atoms with E-state index >= 15 is 0 Å². The van der Waals surface area contributed by atoms with E-state index < -0.39 is 0 Å². The van der Waals surface area contributed by atoms with Gasteiger partial charge in [0.15, 0.2) is 0 Å². The van der Waals surface area contributed by atoms with Crippen molar-refractivity contribution in [3.63, 3.8) is 0 Å². The highest BCUT2D eigenvalue weighted by Gasteiger charge is 2.22. The molecule has 0 amide bonds. The fraction of sp³-hybridized carbons (Fsp3) is 0.538. The van der Waals surface area contributed by atoms with Gasteiger partial charge in [-0.15, -0.1) is 11.6 Å². The van der Waals surface area contributed by atoms with Crippen molar-refractivity contribution in [2.24, 2.45) is 5.92 Å². The van der Waals surface area contributed by atoms with Gasteiger partial charge in [-0.3, -0.25) is 0 Å². The van der Waals surface area contributed by atoms with Gasteiger partial charge in [0.05, 0.1) is 13.2 Å². The zero-order valence-electron chi connectivity index (χ0n) is 9.66. The Kier molecular flexibility index (Phi) is 4.62. The maximum absolute atomic E-state index is 6.19. The number of halogens is 1. The summed E-state index contributed by atoms with van der Waals surface area (Å²) in [7, 11) is 0. The third-order valence-electron chi connectivity index (χ3n) is 2.65. The van der Waals surface area contributed by atoms with Crippen LogP contribution in [-0.4, -0.2) is 11.5 Å². The highest BCUT2D eigenvalue weighted by Crippen LogP contribution is 2.24. The van der Waals surface area contributed by atoms with Crippen LogP contribution in [0.3, 0.4) is 0 Å². The zero-order valence-corrected chi connectivity index (χ0v) is 10.4. The third kappa shape index (κ3) is 4.67. The van der Waals surface area contributed by atoms with Crippen LogP contribution in [-0.2, 0) is 11.3 Å². The van der Waals surface area contributed by atoms with Crippen molar-refractivity contribution in [1.29, 1.82) is 0 Å². The summed E-state index contributed by atoms with van der Waals surface area (Å²) < 4.78 is 5.62. The molecule has 0 fully saturated rings. The quantitative estimate of drug-likeness (QED) is 0.693. The van der Waals surface area contributed by atoms with Gasteiger partial charge < -0.3 is 4.74 Å². The Morgan fingerprint density at radius 3 is 2.40 bits per heavy atom. The van der Waals surface area contributed by atoms with Crippen LogP contribution in [0.15, 0.2) is 30.3 Å². The first-order valence-electron chi connectivity index (χ1n) is 5.30. The van der Waals surface area contributed by atoms with Crippen molar-refractivity contribution in [2.45, 2.75) is 32.3 Å². The van der Waals surface area contributed by atoms with Crippen molar-refractivity contribution in [1.82, 2.24) is 0 Å². The first-order chi connectivity index (χ1) is 7.00. The highest BCUT2D eigenvalue weighted by molar-refractivity contribution is 6.23. The molecule has 0 heterocycles. The molecule has 0 aliphatic carbocycles. The average Bonchev–Trinajstić information content (AvgIpc) is 2.18. The van der Waals surface area contributed by atoms with Crippen LogP contribution in [0.4, 0.5) is 0 Å². The minimum absolute atomic E-state index is 0.198. The molecule has 1 aromatic rings. The Labute approximate surface area is 97.4 Å². The van der Waals surface area contributed by atoms with Gasteiger partial charge in [-0.05, 0) is 25.3 Å². The SMILES string of the molecule is CC(COCc1ccccc1)C(C)(C)Cl. The second kappa shape index (κ2) is 5.53. The zero-order chi connectivity index (χ0) is 11.3. The van der Waals surface area contributed by atoms with Gasteiger partial charge in [0.25, 0.3) is 0 Å². The predicted molar refractivity (Wildman–Crippen MR) is 65.2 cm³/mol. The number of alkyl halides is 1. The van der Waals surface area contributed by atoms with Crippen LogP contribution in [0.1, 0.15) is 26.3 Å². The summed E-state index contributed by atoms with van der Waals surface area (Å²) in [5, 5.41) is 0. The molecule has 0 aromatic heterocycles. The van der Waals surface area contributed by atoms with Crippen LogP contribution < -0.4 is 0 Å². The summed E-state index contributed by atoms with van der Waals surface area (Å²) in [5.74, 6) is 0.350. The van der Waals surface area contributed by atoms with E-state index in [0.717, 1.165) is 0 Å². The van der Waals surface area contributed by atoms with E-state index in [0.29, 0.717) is 19.1 Å². The standard InChI is InChI=1S/C13H19ClO/c1-11(13(2,3)14)9-15-10-12-7-5-4-6-8-12/h4-8,11H,9-10H2,1-3H3. The lowest BCUT2D eigenvalue weighted by Gasteiger charge is -2.24. The molecule has 0 bridgehead atoms. The van der Waals surface area contributed by atoms with Gasteiger partial charge in [-0.25, -0.2) is 0 Å². The van der Waals surface area contributed by atoms with Gasteiger partial charge in [0.2, 0.25) is 0 Å².